The molecule has 0 radical (unpaired) electrons. The quantitative estimate of drug-likeness (QED) is 0.496. The van der Waals surface area contributed by atoms with Crippen molar-refractivity contribution in [3.05, 3.63) is 70.2 Å². The first kappa shape index (κ1) is 16.8. The Kier molecular flexibility index (Phi) is 4.26. The molecule has 2 heterocycles. The molecule has 0 saturated carbocycles. The SMILES string of the molecule is CCc1c(-c2ccc(Cl)cc2)nc2sc(C(=O)O)c(-c3ccccc3)n12. The molecule has 2 aromatic heterocycles. The molecule has 0 aliphatic carbocycles. The molecular weight excluding hydrogens is 368 g/mol. The maximum absolute atomic E-state index is 11.8. The molecule has 0 bridgehead atoms. The molecule has 0 spiro atoms. The number of imidazole rings is 1. The zero-order chi connectivity index (χ0) is 18.3. The maximum atomic E-state index is 11.8. The zero-order valence-electron chi connectivity index (χ0n) is 13.9. The summed E-state index contributed by atoms with van der Waals surface area (Å²) < 4.78 is 1.98. The summed E-state index contributed by atoms with van der Waals surface area (Å²) in [4.78, 5) is 17.5. The fourth-order valence-corrected chi connectivity index (χ4v) is 4.27. The molecule has 0 saturated heterocycles. The Bertz CT molecular complexity index is 1100. The highest BCUT2D eigenvalue weighted by molar-refractivity contribution is 7.19. The second-order valence-electron chi connectivity index (χ2n) is 5.84. The van der Waals surface area contributed by atoms with Gasteiger partial charge < -0.3 is 5.11 Å². The molecule has 130 valence electrons. The molecule has 4 aromatic rings. The predicted octanol–water partition coefficient (Wildman–Crippen LogP) is 5.64. The highest BCUT2D eigenvalue weighted by Gasteiger charge is 2.24. The van der Waals surface area contributed by atoms with Crippen LogP contribution in [0.2, 0.25) is 5.02 Å². The normalized spacial score (nSPS) is 11.2. The van der Waals surface area contributed by atoms with Crippen molar-refractivity contribution in [3.8, 4) is 22.5 Å². The van der Waals surface area contributed by atoms with E-state index in [2.05, 4.69) is 6.92 Å². The minimum absolute atomic E-state index is 0.302. The van der Waals surface area contributed by atoms with Crippen LogP contribution in [0.25, 0.3) is 27.5 Å². The fourth-order valence-electron chi connectivity index (χ4n) is 3.14. The van der Waals surface area contributed by atoms with E-state index in [1.807, 2.05) is 59.0 Å². The molecule has 0 aliphatic rings. The second kappa shape index (κ2) is 6.59. The van der Waals surface area contributed by atoms with Crippen molar-refractivity contribution in [2.24, 2.45) is 0 Å². The van der Waals surface area contributed by atoms with E-state index in [4.69, 9.17) is 16.6 Å². The van der Waals surface area contributed by atoms with Crippen LogP contribution in [0, 0.1) is 0 Å². The number of rotatable bonds is 4. The number of aryl methyl sites for hydroxylation is 1. The summed E-state index contributed by atoms with van der Waals surface area (Å²) in [6, 6.07) is 17.1. The van der Waals surface area contributed by atoms with Gasteiger partial charge in [-0.05, 0) is 18.6 Å². The predicted molar refractivity (Wildman–Crippen MR) is 105 cm³/mol. The summed E-state index contributed by atoms with van der Waals surface area (Å²) >= 11 is 7.20. The van der Waals surface area contributed by atoms with Crippen molar-refractivity contribution >= 4 is 33.9 Å². The summed E-state index contributed by atoms with van der Waals surface area (Å²) in [7, 11) is 0. The van der Waals surface area contributed by atoms with E-state index >= 15 is 0 Å². The summed E-state index contributed by atoms with van der Waals surface area (Å²) in [6.45, 7) is 2.05. The number of fused-ring (bicyclic) bond motifs is 1. The monoisotopic (exact) mass is 382 g/mol. The molecule has 6 heteroatoms. The number of carbonyl (C=O) groups is 1. The van der Waals surface area contributed by atoms with Crippen LogP contribution in [0.3, 0.4) is 0 Å². The summed E-state index contributed by atoms with van der Waals surface area (Å²) in [6.07, 6.45) is 0.731. The third-order valence-electron chi connectivity index (χ3n) is 4.27. The molecule has 1 N–H and O–H groups in total. The van der Waals surface area contributed by atoms with Gasteiger partial charge in [0.05, 0.1) is 17.1 Å². The number of hydrogen-bond acceptors (Lipinski definition) is 3. The molecule has 26 heavy (non-hydrogen) atoms. The standard InChI is InChI=1S/C20H15ClN2O2S/c1-2-15-16(12-8-10-14(21)11-9-12)22-20-23(15)17(18(26-20)19(24)25)13-6-4-3-5-7-13/h3-11H,2H2,1H3,(H,24,25). The number of nitrogens with zero attached hydrogens (tertiary/aromatic N) is 2. The van der Waals surface area contributed by atoms with Gasteiger partial charge in [-0.15, -0.1) is 0 Å². The Hall–Kier alpha value is -2.63. The number of thiazole rings is 1. The maximum Gasteiger partial charge on any atom is 0.348 e. The van der Waals surface area contributed by atoms with Crippen molar-refractivity contribution < 1.29 is 9.90 Å². The number of benzene rings is 2. The highest BCUT2D eigenvalue weighted by atomic mass is 35.5. The highest BCUT2D eigenvalue weighted by Crippen LogP contribution is 2.37. The number of hydrogen-bond donors (Lipinski definition) is 1. The van der Waals surface area contributed by atoms with Crippen LogP contribution in [-0.2, 0) is 6.42 Å². The third-order valence-corrected chi connectivity index (χ3v) is 5.55. The van der Waals surface area contributed by atoms with Gasteiger partial charge in [0.15, 0.2) is 4.96 Å². The molecule has 4 rings (SSSR count). The van der Waals surface area contributed by atoms with E-state index in [0.29, 0.717) is 20.6 Å². The summed E-state index contributed by atoms with van der Waals surface area (Å²) in [5.41, 5.74) is 4.38. The second-order valence-corrected chi connectivity index (χ2v) is 7.25. The Labute approximate surface area is 159 Å². The lowest BCUT2D eigenvalue weighted by atomic mass is 10.1. The summed E-state index contributed by atoms with van der Waals surface area (Å²) in [5.74, 6) is -0.936. The van der Waals surface area contributed by atoms with Crippen molar-refractivity contribution in [1.82, 2.24) is 9.38 Å². The topological polar surface area (TPSA) is 54.6 Å². The van der Waals surface area contributed by atoms with Crippen LogP contribution in [0.4, 0.5) is 0 Å². The van der Waals surface area contributed by atoms with Crippen molar-refractivity contribution in [2.45, 2.75) is 13.3 Å². The summed E-state index contributed by atoms with van der Waals surface area (Å²) in [5, 5.41) is 10.4. The van der Waals surface area contributed by atoms with E-state index in [9.17, 15) is 9.90 Å². The van der Waals surface area contributed by atoms with Gasteiger partial charge >= 0.3 is 5.97 Å². The fraction of sp³-hybridized carbons (Fsp3) is 0.100. The number of carboxylic acid groups (broad SMARTS) is 1. The first-order valence-electron chi connectivity index (χ1n) is 8.19. The van der Waals surface area contributed by atoms with Crippen molar-refractivity contribution in [2.75, 3.05) is 0 Å². The Morgan fingerprint density at radius 2 is 1.81 bits per heavy atom. The molecule has 2 aromatic carbocycles. The van der Waals surface area contributed by atoms with Crippen LogP contribution >= 0.6 is 22.9 Å². The molecule has 0 aliphatic heterocycles. The Morgan fingerprint density at radius 1 is 1.12 bits per heavy atom. The lowest BCUT2D eigenvalue weighted by Crippen LogP contribution is -2.00. The number of halogens is 1. The van der Waals surface area contributed by atoms with E-state index in [1.165, 1.54) is 11.3 Å². The first-order chi connectivity index (χ1) is 12.6. The van der Waals surface area contributed by atoms with Gasteiger partial charge in [0.25, 0.3) is 0 Å². The Morgan fingerprint density at radius 3 is 2.42 bits per heavy atom. The molecule has 0 atom stereocenters. The molecule has 0 amide bonds. The minimum atomic E-state index is -0.936. The zero-order valence-corrected chi connectivity index (χ0v) is 15.5. The van der Waals surface area contributed by atoms with Gasteiger partial charge in [0.2, 0.25) is 0 Å². The molecular formula is C20H15ClN2O2S. The largest absolute Gasteiger partial charge is 0.477 e. The number of carboxylic acids is 1. The third kappa shape index (κ3) is 2.69. The van der Waals surface area contributed by atoms with Gasteiger partial charge in [0, 0.05) is 16.1 Å². The molecule has 0 fully saturated rings. The smallest absolute Gasteiger partial charge is 0.348 e. The average Bonchev–Trinajstić information content (AvgIpc) is 3.19. The molecule has 0 unspecified atom stereocenters. The van der Waals surface area contributed by atoms with Gasteiger partial charge in [-0.3, -0.25) is 4.40 Å². The van der Waals surface area contributed by atoms with Gasteiger partial charge in [-0.2, -0.15) is 0 Å². The van der Waals surface area contributed by atoms with E-state index < -0.39 is 5.97 Å². The minimum Gasteiger partial charge on any atom is -0.477 e. The number of aromatic nitrogens is 2. The van der Waals surface area contributed by atoms with Crippen molar-refractivity contribution in [1.29, 1.82) is 0 Å². The lowest BCUT2D eigenvalue weighted by Gasteiger charge is -2.07. The van der Waals surface area contributed by atoms with Gasteiger partial charge in [-0.25, -0.2) is 9.78 Å². The first-order valence-corrected chi connectivity index (χ1v) is 9.38. The van der Waals surface area contributed by atoms with Gasteiger partial charge in [0.1, 0.15) is 4.88 Å². The van der Waals surface area contributed by atoms with Crippen LogP contribution < -0.4 is 0 Å². The lowest BCUT2D eigenvalue weighted by molar-refractivity contribution is 0.0702. The average molecular weight is 383 g/mol. The van der Waals surface area contributed by atoms with Crippen LogP contribution in [0.15, 0.2) is 54.6 Å². The van der Waals surface area contributed by atoms with Gasteiger partial charge in [-0.1, -0.05) is 72.3 Å². The van der Waals surface area contributed by atoms with Crippen LogP contribution in [-0.4, -0.2) is 20.5 Å². The van der Waals surface area contributed by atoms with Crippen LogP contribution in [0.1, 0.15) is 22.3 Å². The van der Waals surface area contributed by atoms with E-state index in [-0.39, 0.29) is 0 Å². The van der Waals surface area contributed by atoms with E-state index in [0.717, 1.165) is 28.9 Å². The van der Waals surface area contributed by atoms with Crippen molar-refractivity contribution in [3.63, 3.8) is 0 Å². The van der Waals surface area contributed by atoms with E-state index in [1.54, 1.807) is 0 Å². The van der Waals surface area contributed by atoms with Crippen LogP contribution in [0.5, 0.6) is 0 Å². The Balaban J connectivity index is 2.04. The number of aromatic carboxylic acids is 1. The molecule has 4 nitrogen and oxygen atoms in total.